The van der Waals surface area contributed by atoms with Gasteiger partial charge in [-0.15, -0.1) is 0 Å². The van der Waals surface area contributed by atoms with E-state index < -0.39 is 0 Å². The van der Waals surface area contributed by atoms with Crippen LogP contribution < -0.4 is 5.32 Å². The highest BCUT2D eigenvalue weighted by molar-refractivity contribution is 6.31. The average Bonchev–Trinajstić information content (AvgIpc) is 2.85. The number of hydrogen-bond acceptors (Lipinski definition) is 2. The molecule has 0 fully saturated rings. The van der Waals surface area contributed by atoms with E-state index in [0.29, 0.717) is 23.6 Å². The summed E-state index contributed by atoms with van der Waals surface area (Å²) in [6.45, 7) is 2.38. The zero-order chi connectivity index (χ0) is 13.0. The van der Waals surface area contributed by atoms with Gasteiger partial charge in [0.15, 0.2) is 0 Å². The van der Waals surface area contributed by atoms with Gasteiger partial charge in [0.25, 0.3) is 5.91 Å². The van der Waals surface area contributed by atoms with Gasteiger partial charge in [-0.25, -0.2) is 4.98 Å². The summed E-state index contributed by atoms with van der Waals surface area (Å²) >= 11 is 5.98. The minimum absolute atomic E-state index is 0.110. The van der Waals surface area contributed by atoms with Crippen molar-refractivity contribution in [1.29, 1.82) is 0 Å². The smallest absolute Gasteiger partial charge is 0.251 e. The molecule has 94 valence electrons. The minimum Gasteiger partial charge on any atom is -0.352 e. The van der Waals surface area contributed by atoms with Gasteiger partial charge in [0.2, 0.25) is 0 Å². The Kier molecular flexibility index (Phi) is 3.99. The fraction of sp³-hybridized carbons (Fsp3) is 0.231. The summed E-state index contributed by atoms with van der Waals surface area (Å²) in [6.07, 6.45) is 4.13. The average molecular weight is 264 g/mol. The number of carbonyl (C=O) groups is 1. The minimum atomic E-state index is -0.110. The molecule has 1 heterocycles. The summed E-state index contributed by atoms with van der Waals surface area (Å²) in [4.78, 5) is 19.0. The topological polar surface area (TPSA) is 57.8 Å². The number of nitrogens with one attached hydrogen (secondary N) is 2. The molecule has 1 aromatic carbocycles. The van der Waals surface area contributed by atoms with Gasteiger partial charge in [0, 0.05) is 35.9 Å². The molecule has 0 saturated carbocycles. The molecule has 0 aliphatic carbocycles. The first-order valence-electron chi connectivity index (χ1n) is 5.70. The van der Waals surface area contributed by atoms with Crippen molar-refractivity contribution in [1.82, 2.24) is 15.3 Å². The Morgan fingerprint density at radius 2 is 2.33 bits per heavy atom. The van der Waals surface area contributed by atoms with E-state index in [2.05, 4.69) is 15.3 Å². The number of nitrogens with zero attached hydrogens (tertiary/aromatic N) is 1. The van der Waals surface area contributed by atoms with Crippen LogP contribution in [0.2, 0.25) is 5.02 Å². The standard InChI is InChI=1S/C13H14ClN3O/c1-9-10(3-2-4-11(9)14)13(18)17-6-5-12-15-7-8-16-12/h2-4,7-8H,5-6H2,1H3,(H,15,16)(H,17,18). The van der Waals surface area contributed by atoms with Crippen molar-refractivity contribution in [3.05, 3.63) is 52.6 Å². The Morgan fingerprint density at radius 1 is 1.50 bits per heavy atom. The van der Waals surface area contributed by atoms with Crippen LogP contribution in [0.5, 0.6) is 0 Å². The maximum atomic E-state index is 11.9. The summed E-state index contributed by atoms with van der Waals surface area (Å²) in [5, 5.41) is 3.45. The molecular formula is C13H14ClN3O. The Balaban J connectivity index is 1.93. The third-order valence-corrected chi connectivity index (χ3v) is 3.12. The molecule has 0 saturated heterocycles. The molecule has 2 aromatic rings. The van der Waals surface area contributed by atoms with Crippen molar-refractivity contribution in [2.45, 2.75) is 13.3 Å². The monoisotopic (exact) mass is 263 g/mol. The third-order valence-electron chi connectivity index (χ3n) is 2.71. The number of hydrogen-bond donors (Lipinski definition) is 2. The molecule has 0 atom stereocenters. The molecule has 18 heavy (non-hydrogen) atoms. The first kappa shape index (κ1) is 12.6. The van der Waals surface area contributed by atoms with Crippen molar-refractivity contribution in [3.63, 3.8) is 0 Å². The van der Waals surface area contributed by atoms with Crippen molar-refractivity contribution in [3.8, 4) is 0 Å². The van der Waals surface area contributed by atoms with E-state index in [1.54, 1.807) is 30.6 Å². The van der Waals surface area contributed by atoms with Gasteiger partial charge in [-0.1, -0.05) is 17.7 Å². The molecule has 0 spiro atoms. The van der Waals surface area contributed by atoms with Crippen molar-refractivity contribution < 1.29 is 4.79 Å². The zero-order valence-corrected chi connectivity index (χ0v) is 10.8. The number of rotatable bonds is 4. The Morgan fingerprint density at radius 3 is 3.06 bits per heavy atom. The quantitative estimate of drug-likeness (QED) is 0.890. The summed E-state index contributed by atoms with van der Waals surface area (Å²) in [6, 6.07) is 5.32. The van der Waals surface area contributed by atoms with Gasteiger partial charge in [0.05, 0.1) is 0 Å². The van der Waals surface area contributed by atoms with Gasteiger partial charge in [0.1, 0.15) is 5.82 Å². The summed E-state index contributed by atoms with van der Waals surface area (Å²) in [5.74, 6) is 0.750. The lowest BCUT2D eigenvalue weighted by molar-refractivity contribution is 0.0953. The lowest BCUT2D eigenvalue weighted by Crippen LogP contribution is -2.26. The van der Waals surface area contributed by atoms with Gasteiger partial charge in [-0.05, 0) is 24.6 Å². The second-order valence-corrected chi connectivity index (χ2v) is 4.36. The number of imidazole rings is 1. The molecule has 2 N–H and O–H groups in total. The first-order valence-corrected chi connectivity index (χ1v) is 6.08. The summed E-state index contributed by atoms with van der Waals surface area (Å²) < 4.78 is 0. The fourth-order valence-electron chi connectivity index (χ4n) is 1.68. The molecule has 1 aromatic heterocycles. The van der Waals surface area contributed by atoms with Crippen molar-refractivity contribution in [2.24, 2.45) is 0 Å². The highest BCUT2D eigenvalue weighted by Crippen LogP contribution is 2.18. The SMILES string of the molecule is Cc1c(Cl)cccc1C(=O)NCCc1ncc[nH]1. The predicted octanol–water partition coefficient (Wildman–Crippen LogP) is 2.34. The molecule has 2 rings (SSSR count). The molecule has 0 bridgehead atoms. The zero-order valence-electron chi connectivity index (χ0n) is 10.0. The lowest BCUT2D eigenvalue weighted by atomic mass is 10.1. The maximum absolute atomic E-state index is 11.9. The van der Waals surface area contributed by atoms with Crippen LogP contribution >= 0.6 is 11.6 Å². The van der Waals surface area contributed by atoms with Crippen LogP contribution in [0, 0.1) is 6.92 Å². The lowest BCUT2D eigenvalue weighted by Gasteiger charge is -2.08. The van der Waals surface area contributed by atoms with Crippen LogP contribution in [-0.2, 0) is 6.42 Å². The van der Waals surface area contributed by atoms with E-state index in [9.17, 15) is 4.79 Å². The molecular weight excluding hydrogens is 250 g/mol. The number of H-pyrrole nitrogens is 1. The Labute approximate surface area is 110 Å². The highest BCUT2D eigenvalue weighted by Gasteiger charge is 2.10. The van der Waals surface area contributed by atoms with Crippen molar-refractivity contribution in [2.75, 3.05) is 6.54 Å². The second-order valence-electron chi connectivity index (χ2n) is 3.95. The third kappa shape index (κ3) is 2.90. The normalized spacial score (nSPS) is 10.3. The summed E-state index contributed by atoms with van der Waals surface area (Å²) in [7, 11) is 0. The van der Waals surface area contributed by atoms with Crippen LogP contribution in [0.4, 0.5) is 0 Å². The molecule has 1 amide bonds. The number of aromatic amines is 1. The van der Waals surface area contributed by atoms with Gasteiger partial charge in [-0.2, -0.15) is 0 Å². The van der Waals surface area contributed by atoms with E-state index in [0.717, 1.165) is 11.4 Å². The number of carbonyl (C=O) groups excluding carboxylic acids is 1. The van der Waals surface area contributed by atoms with Crippen LogP contribution in [0.1, 0.15) is 21.7 Å². The van der Waals surface area contributed by atoms with Crippen LogP contribution in [-0.4, -0.2) is 22.4 Å². The number of aromatic nitrogens is 2. The molecule has 0 radical (unpaired) electrons. The van der Waals surface area contributed by atoms with E-state index in [-0.39, 0.29) is 5.91 Å². The molecule has 4 nitrogen and oxygen atoms in total. The number of halogens is 1. The van der Waals surface area contributed by atoms with Crippen LogP contribution in [0.3, 0.4) is 0 Å². The van der Waals surface area contributed by atoms with Crippen molar-refractivity contribution >= 4 is 17.5 Å². The van der Waals surface area contributed by atoms with Crippen LogP contribution in [0.25, 0.3) is 0 Å². The van der Waals surface area contributed by atoms with Crippen LogP contribution in [0.15, 0.2) is 30.6 Å². The first-order chi connectivity index (χ1) is 8.68. The van der Waals surface area contributed by atoms with E-state index in [1.807, 2.05) is 6.92 Å². The van der Waals surface area contributed by atoms with Gasteiger partial charge >= 0.3 is 0 Å². The summed E-state index contributed by atoms with van der Waals surface area (Å²) in [5.41, 5.74) is 1.41. The molecule has 0 unspecified atom stereocenters. The second kappa shape index (κ2) is 5.69. The molecule has 0 aliphatic heterocycles. The Hall–Kier alpha value is -1.81. The fourth-order valence-corrected chi connectivity index (χ4v) is 1.85. The van der Waals surface area contributed by atoms with Gasteiger partial charge in [-0.3, -0.25) is 4.79 Å². The maximum Gasteiger partial charge on any atom is 0.251 e. The van der Waals surface area contributed by atoms with Gasteiger partial charge < -0.3 is 10.3 Å². The van der Waals surface area contributed by atoms with E-state index in [4.69, 9.17) is 11.6 Å². The predicted molar refractivity (Wildman–Crippen MR) is 70.8 cm³/mol. The number of amides is 1. The van der Waals surface area contributed by atoms with E-state index >= 15 is 0 Å². The largest absolute Gasteiger partial charge is 0.352 e. The van der Waals surface area contributed by atoms with E-state index in [1.165, 1.54) is 0 Å². The number of benzene rings is 1. The molecule has 5 heteroatoms. The Bertz CT molecular complexity index is 537. The highest BCUT2D eigenvalue weighted by atomic mass is 35.5. The molecule has 0 aliphatic rings.